The SMILES string of the molecule is CC(=O)NC[C@H]1CN(c2ccc(-c3ccc(C#N)s3)c(F)c2)C(=O)O1. The zero-order chi connectivity index (χ0) is 18.0. The summed E-state index contributed by atoms with van der Waals surface area (Å²) in [5, 5.41) is 11.5. The molecule has 2 heterocycles. The van der Waals surface area contributed by atoms with Crippen LogP contribution >= 0.6 is 11.3 Å². The largest absolute Gasteiger partial charge is 0.442 e. The molecule has 1 atom stereocenters. The first kappa shape index (κ1) is 16.9. The van der Waals surface area contributed by atoms with Crippen LogP contribution < -0.4 is 10.2 Å². The molecule has 0 spiro atoms. The van der Waals surface area contributed by atoms with Crippen LogP contribution in [0.2, 0.25) is 0 Å². The van der Waals surface area contributed by atoms with Crippen molar-refractivity contribution >= 4 is 29.0 Å². The van der Waals surface area contributed by atoms with E-state index in [0.717, 1.165) is 0 Å². The highest BCUT2D eigenvalue weighted by Crippen LogP contribution is 2.32. The maximum absolute atomic E-state index is 14.5. The molecule has 1 N–H and O–H groups in total. The molecule has 25 heavy (non-hydrogen) atoms. The van der Waals surface area contributed by atoms with Gasteiger partial charge in [0.15, 0.2) is 0 Å². The van der Waals surface area contributed by atoms with E-state index in [1.807, 2.05) is 6.07 Å². The zero-order valence-corrected chi connectivity index (χ0v) is 14.1. The molecule has 0 aliphatic carbocycles. The van der Waals surface area contributed by atoms with Gasteiger partial charge in [-0.1, -0.05) is 0 Å². The first-order valence-electron chi connectivity index (χ1n) is 7.50. The first-order chi connectivity index (χ1) is 12.0. The number of nitriles is 1. The molecule has 2 amide bonds. The van der Waals surface area contributed by atoms with Crippen LogP contribution in [0.15, 0.2) is 30.3 Å². The van der Waals surface area contributed by atoms with Crippen LogP contribution in [0.5, 0.6) is 0 Å². The minimum atomic E-state index is -0.578. The van der Waals surface area contributed by atoms with Crippen LogP contribution in [0, 0.1) is 17.1 Å². The third kappa shape index (κ3) is 3.61. The standard InChI is InChI=1S/C17H14FN3O3S/c1-10(22)20-8-12-9-21(17(23)24-12)11-2-4-14(15(18)6-11)16-5-3-13(7-19)25-16/h2-6,12H,8-9H2,1H3,(H,20,22)/t12-/m0/s1. The van der Waals surface area contributed by atoms with Crippen LogP contribution in [0.4, 0.5) is 14.9 Å². The number of thiophene rings is 1. The number of carbonyl (C=O) groups is 2. The second-order valence-electron chi connectivity index (χ2n) is 5.49. The molecular formula is C17H14FN3O3S. The molecule has 2 aromatic rings. The van der Waals surface area contributed by atoms with Crippen LogP contribution in [-0.2, 0) is 9.53 Å². The maximum Gasteiger partial charge on any atom is 0.414 e. The van der Waals surface area contributed by atoms with E-state index in [9.17, 15) is 14.0 Å². The van der Waals surface area contributed by atoms with Crippen molar-refractivity contribution in [3.8, 4) is 16.5 Å². The molecule has 1 saturated heterocycles. The highest BCUT2D eigenvalue weighted by atomic mass is 32.1. The lowest BCUT2D eigenvalue weighted by molar-refractivity contribution is -0.119. The number of nitrogens with zero attached hydrogens (tertiary/aromatic N) is 2. The zero-order valence-electron chi connectivity index (χ0n) is 13.3. The van der Waals surface area contributed by atoms with E-state index in [2.05, 4.69) is 5.32 Å². The van der Waals surface area contributed by atoms with Crippen molar-refractivity contribution in [1.82, 2.24) is 5.32 Å². The summed E-state index contributed by atoms with van der Waals surface area (Å²) >= 11 is 1.20. The second kappa shape index (κ2) is 6.91. The summed E-state index contributed by atoms with van der Waals surface area (Å²) in [6.45, 7) is 1.82. The van der Waals surface area contributed by atoms with Crippen LogP contribution in [0.1, 0.15) is 11.8 Å². The summed E-state index contributed by atoms with van der Waals surface area (Å²) in [6.07, 6.45) is -1.06. The number of nitrogens with one attached hydrogen (secondary N) is 1. The van der Waals surface area contributed by atoms with E-state index < -0.39 is 18.0 Å². The molecule has 1 aliphatic rings. The molecular weight excluding hydrogens is 345 g/mol. The van der Waals surface area contributed by atoms with Gasteiger partial charge in [0.05, 0.1) is 18.8 Å². The van der Waals surface area contributed by atoms with Crippen molar-refractivity contribution in [3.05, 3.63) is 41.0 Å². The van der Waals surface area contributed by atoms with E-state index in [1.54, 1.807) is 24.3 Å². The number of hydrogen-bond donors (Lipinski definition) is 1. The quantitative estimate of drug-likeness (QED) is 0.910. The van der Waals surface area contributed by atoms with E-state index in [4.69, 9.17) is 10.00 Å². The Bertz CT molecular complexity index is 874. The van der Waals surface area contributed by atoms with Gasteiger partial charge in [-0.05, 0) is 30.3 Å². The van der Waals surface area contributed by atoms with Crippen molar-refractivity contribution in [2.24, 2.45) is 0 Å². The van der Waals surface area contributed by atoms with Gasteiger partial charge in [0.25, 0.3) is 0 Å². The van der Waals surface area contributed by atoms with E-state index in [0.29, 0.717) is 21.0 Å². The van der Waals surface area contributed by atoms with E-state index in [1.165, 1.54) is 29.2 Å². The Hall–Kier alpha value is -2.92. The highest BCUT2D eigenvalue weighted by Gasteiger charge is 2.32. The summed E-state index contributed by atoms with van der Waals surface area (Å²) in [5.41, 5.74) is 0.756. The Labute approximate surface area is 147 Å². The fourth-order valence-corrected chi connectivity index (χ4v) is 3.34. The fourth-order valence-electron chi connectivity index (χ4n) is 2.51. The average molecular weight is 359 g/mol. The lowest BCUT2D eigenvalue weighted by atomic mass is 10.1. The number of anilines is 1. The number of rotatable bonds is 4. The smallest absolute Gasteiger partial charge is 0.414 e. The number of ether oxygens (including phenoxy) is 1. The van der Waals surface area contributed by atoms with Crippen molar-refractivity contribution in [2.45, 2.75) is 13.0 Å². The molecule has 1 aromatic heterocycles. The number of benzene rings is 1. The topological polar surface area (TPSA) is 82.4 Å². The molecule has 0 bridgehead atoms. The Morgan fingerprint density at radius 1 is 1.48 bits per heavy atom. The van der Waals surface area contributed by atoms with Crippen molar-refractivity contribution in [2.75, 3.05) is 18.0 Å². The molecule has 1 aromatic carbocycles. The summed E-state index contributed by atoms with van der Waals surface area (Å²) in [5.74, 6) is -0.695. The van der Waals surface area contributed by atoms with Gasteiger partial charge in [0.1, 0.15) is 22.9 Å². The van der Waals surface area contributed by atoms with E-state index >= 15 is 0 Å². The molecule has 8 heteroatoms. The van der Waals surface area contributed by atoms with Crippen LogP contribution in [0.3, 0.4) is 0 Å². The summed E-state index contributed by atoms with van der Waals surface area (Å²) in [7, 11) is 0. The average Bonchev–Trinajstić information content (AvgIpc) is 3.19. The Morgan fingerprint density at radius 3 is 2.92 bits per heavy atom. The Balaban J connectivity index is 1.77. The predicted molar refractivity (Wildman–Crippen MR) is 90.7 cm³/mol. The van der Waals surface area contributed by atoms with Gasteiger partial charge in [-0.3, -0.25) is 9.69 Å². The molecule has 6 nitrogen and oxygen atoms in total. The van der Waals surface area contributed by atoms with Crippen LogP contribution in [-0.4, -0.2) is 31.2 Å². The van der Waals surface area contributed by atoms with Crippen molar-refractivity contribution in [1.29, 1.82) is 5.26 Å². The van der Waals surface area contributed by atoms with Crippen molar-refractivity contribution < 1.29 is 18.7 Å². The molecule has 0 saturated carbocycles. The normalized spacial score (nSPS) is 16.4. The molecule has 3 rings (SSSR count). The molecule has 128 valence electrons. The third-order valence-electron chi connectivity index (χ3n) is 3.70. The Morgan fingerprint density at radius 2 is 2.28 bits per heavy atom. The number of carbonyl (C=O) groups excluding carboxylic acids is 2. The molecule has 1 aliphatic heterocycles. The number of halogens is 1. The highest BCUT2D eigenvalue weighted by molar-refractivity contribution is 7.16. The number of cyclic esters (lactones) is 1. The lowest BCUT2D eigenvalue weighted by Gasteiger charge is -2.14. The third-order valence-corrected chi connectivity index (χ3v) is 4.72. The molecule has 0 radical (unpaired) electrons. The van der Waals surface area contributed by atoms with E-state index in [-0.39, 0.29) is 19.0 Å². The van der Waals surface area contributed by atoms with Gasteiger partial charge in [0.2, 0.25) is 5.91 Å². The molecule has 0 unspecified atom stereocenters. The summed E-state index contributed by atoms with van der Waals surface area (Å²) in [4.78, 5) is 25.4. The lowest BCUT2D eigenvalue weighted by Crippen LogP contribution is -2.33. The van der Waals surface area contributed by atoms with Gasteiger partial charge >= 0.3 is 6.09 Å². The van der Waals surface area contributed by atoms with Gasteiger partial charge in [-0.2, -0.15) is 5.26 Å². The predicted octanol–water partition coefficient (Wildman–Crippen LogP) is 2.89. The Kier molecular flexibility index (Phi) is 4.67. The minimum absolute atomic E-state index is 0.211. The second-order valence-corrected chi connectivity index (χ2v) is 6.58. The summed E-state index contributed by atoms with van der Waals surface area (Å²) in [6, 6.07) is 9.82. The number of hydrogen-bond acceptors (Lipinski definition) is 5. The fraction of sp³-hybridized carbons (Fsp3) is 0.235. The number of amides is 2. The van der Waals surface area contributed by atoms with Crippen LogP contribution in [0.25, 0.3) is 10.4 Å². The maximum atomic E-state index is 14.5. The van der Waals surface area contributed by atoms with Gasteiger partial charge in [0, 0.05) is 17.4 Å². The van der Waals surface area contributed by atoms with Gasteiger partial charge in [-0.25, -0.2) is 9.18 Å². The monoisotopic (exact) mass is 359 g/mol. The minimum Gasteiger partial charge on any atom is -0.442 e. The first-order valence-corrected chi connectivity index (χ1v) is 8.32. The van der Waals surface area contributed by atoms with Gasteiger partial charge in [-0.15, -0.1) is 11.3 Å². The summed E-state index contributed by atoms with van der Waals surface area (Å²) < 4.78 is 19.6. The van der Waals surface area contributed by atoms with Gasteiger partial charge < -0.3 is 10.1 Å². The van der Waals surface area contributed by atoms with Crippen molar-refractivity contribution in [3.63, 3.8) is 0 Å². The molecule has 1 fully saturated rings.